The molecule has 1 aliphatic carbocycles. The molecule has 2 unspecified atom stereocenters. The van der Waals surface area contributed by atoms with Crippen LogP contribution in [-0.2, 0) is 22.5 Å². The quantitative estimate of drug-likeness (QED) is 0.654. The second-order valence-corrected chi connectivity index (χ2v) is 11.4. The van der Waals surface area contributed by atoms with E-state index in [0.29, 0.717) is 24.6 Å². The van der Waals surface area contributed by atoms with Crippen molar-refractivity contribution in [1.29, 1.82) is 0 Å². The molecule has 0 bridgehead atoms. The van der Waals surface area contributed by atoms with Gasteiger partial charge in [0, 0.05) is 50.3 Å². The first kappa shape index (κ1) is 25.2. The zero-order valence-electron chi connectivity index (χ0n) is 22.4. The van der Waals surface area contributed by atoms with Crippen molar-refractivity contribution in [2.75, 3.05) is 32.6 Å². The van der Waals surface area contributed by atoms with E-state index in [1.54, 1.807) is 0 Å². The molecule has 3 atom stereocenters. The van der Waals surface area contributed by atoms with Gasteiger partial charge in [0.05, 0.1) is 6.10 Å². The molecule has 1 aromatic carbocycles. The molecule has 5 rings (SSSR count). The van der Waals surface area contributed by atoms with Crippen molar-refractivity contribution < 1.29 is 9.53 Å². The Balaban J connectivity index is 1.31. The lowest BCUT2D eigenvalue weighted by Gasteiger charge is -2.42. The van der Waals surface area contributed by atoms with Gasteiger partial charge in [0.25, 0.3) is 0 Å². The van der Waals surface area contributed by atoms with Crippen LogP contribution in [0.1, 0.15) is 67.2 Å². The number of aryl methyl sites for hydroxylation is 1. The number of anilines is 1. The van der Waals surface area contributed by atoms with Gasteiger partial charge in [0.1, 0.15) is 5.82 Å². The molecule has 6 nitrogen and oxygen atoms in total. The van der Waals surface area contributed by atoms with Gasteiger partial charge in [-0.15, -0.1) is 0 Å². The second kappa shape index (κ2) is 10.9. The molecule has 36 heavy (non-hydrogen) atoms. The third-order valence-corrected chi connectivity index (χ3v) is 8.72. The molecule has 2 aliphatic heterocycles. The highest BCUT2D eigenvalue weighted by Gasteiger charge is 2.39. The van der Waals surface area contributed by atoms with Crippen LogP contribution in [0.5, 0.6) is 0 Å². The molecule has 1 saturated heterocycles. The number of benzene rings is 1. The number of pyridine rings is 1. The van der Waals surface area contributed by atoms with Gasteiger partial charge >= 0.3 is 0 Å². The highest BCUT2D eigenvalue weighted by molar-refractivity contribution is 5.81. The van der Waals surface area contributed by atoms with Gasteiger partial charge in [-0.1, -0.05) is 29.8 Å². The molecule has 1 aromatic heterocycles. The highest BCUT2D eigenvalue weighted by Crippen LogP contribution is 2.36. The number of likely N-dealkylation sites (tertiary alicyclic amines) is 1. The number of hydrogen-bond acceptors (Lipinski definition) is 5. The van der Waals surface area contributed by atoms with E-state index in [0.717, 1.165) is 57.4 Å². The number of likely N-dealkylation sites (N-methyl/N-ethyl adjacent to an activating group) is 1. The molecule has 1 amide bonds. The van der Waals surface area contributed by atoms with Gasteiger partial charge in [-0.2, -0.15) is 0 Å². The number of aromatic nitrogens is 1. The van der Waals surface area contributed by atoms with Crippen molar-refractivity contribution in [1.82, 2.24) is 14.8 Å². The van der Waals surface area contributed by atoms with Gasteiger partial charge in [0.15, 0.2) is 0 Å². The molecular weight excluding hydrogens is 448 g/mol. The molecule has 2 aromatic rings. The minimum atomic E-state index is 0.0300. The number of nitrogens with zero attached hydrogens (tertiary/aromatic N) is 3. The molecule has 0 radical (unpaired) electrons. The van der Waals surface area contributed by atoms with Crippen LogP contribution in [0.2, 0.25) is 0 Å². The SMILES string of the molecule is COC1CCC(Nc2cc3c(cn2)C[C@H](C)N(C(=O)C2CCN(C)CC2c2cccc(C)c2)C3)CC1. The summed E-state index contributed by atoms with van der Waals surface area (Å²) in [5.41, 5.74) is 5.07. The third-order valence-electron chi connectivity index (χ3n) is 8.72. The molecular formula is C30H42N4O2. The van der Waals surface area contributed by atoms with Crippen LogP contribution in [0.4, 0.5) is 5.82 Å². The van der Waals surface area contributed by atoms with Crippen molar-refractivity contribution in [2.24, 2.45) is 5.92 Å². The summed E-state index contributed by atoms with van der Waals surface area (Å²) in [6, 6.07) is 11.6. The maximum Gasteiger partial charge on any atom is 0.226 e. The molecule has 194 valence electrons. The smallest absolute Gasteiger partial charge is 0.226 e. The van der Waals surface area contributed by atoms with Gasteiger partial charge in [-0.25, -0.2) is 4.98 Å². The van der Waals surface area contributed by atoms with Crippen LogP contribution in [0.25, 0.3) is 0 Å². The summed E-state index contributed by atoms with van der Waals surface area (Å²) in [7, 11) is 3.98. The van der Waals surface area contributed by atoms with Crippen LogP contribution in [-0.4, -0.2) is 66.1 Å². The van der Waals surface area contributed by atoms with E-state index in [2.05, 4.69) is 66.3 Å². The summed E-state index contributed by atoms with van der Waals surface area (Å²) < 4.78 is 5.52. The molecule has 2 fully saturated rings. The fourth-order valence-electron chi connectivity index (χ4n) is 6.51. The number of carbonyl (C=O) groups is 1. The number of nitrogens with one attached hydrogen (secondary N) is 1. The van der Waals surface area contributed by atoms with Crippen LogP contribution < -0.4 is 5.32 Å². The van der Waals surface area contributed by atoms with Gasteiger partial charge in [-0.05, 0) is 88.7 Å². The summed E-state index contributed by atoms with van der Waals surface area (Å²) in [5, 5.41) is 3.66. The Kier molecular flexibility index (Phi) is 7.63. The number of ether oxygens (including phenoxy) is 1. The lowest BCUT2D eigenvalue weighted by molar-refractivity contribution is -0.141. The Bertz CT molecular complexity index is 1060. The predicted molar refractivity (Wildman–Crippen MR) is 144 cm³/mol. The van der Waals surface area contributed by atoms with E-state index in [-0.39, 0.29) is 17.9 Å². The lowest BCUT2D eigenvalue weighted by Crippen LogP contribution is -2.50. The Morgan fingerprint density at radius 3 is 2.67 bits per heavy atom. The molecule has 1 N–H and O–H groups in total. The van der Waals surface area contributed by atoms with Gasteiger partial charge in [-0.3, -0.25) is 4.79 Å². The van der Waals surface area contributed by atoms with E-state index >= 15 is 0 Å². The molecule has 3 heterocycles. The summed E-state index contributed by atoms with van der Waals surface area (Å²) in [6.07, 6.45) is 8.61. The summed E-state index contributed by atoms with van der Waals surface area (Å²) in [6.45, 7) is 6.91. The van der Waals surface area contributed by atoms with Crippen LogP contribution >= 0.6 is 0 Å². The standard InChI is InChI=1S/C30H42N4O2/c1-20-6-5-7-22(14-20)28-19-33(3)13-12-27(28)30(35)34-18-24-16-29(31-17-23(24)15-21(34)2)32-25-8-10-26(36-4)11-9-25/h5-7,14,16-17,21,25-28H,8-13,15,18-19H2,1-4H3,(H,31,32)/t21-,25?,26?,27?,28?/m0/s1. The van der Waals surface area contributed by atoms with Crippen molar-refractivity contribution in [3.05, 3.63) is 58.8 Å². The Morgan fingerprint density at radius 1 is 1.11 bits per heavy atom. The minimum absolute atomic E-state index is 0.0300. The predicted octanol–water partition coefficient (Wildman–Crippen LogP) is 4.77. The Hall–Kier alpha value is -2.44. The van der Waals surface area contributed by atoms with Crippen molar-refractivity contribution in [3.63, 3.8) is 0 Å². The van der Waals surface area contributed by atoms with Crippen molar-refractivity contribution in [3.8, 4) is 0 Å². The topological polar surface area (TPSA) is 57.7 Å². The van der Waals surface area contributed by atoms with E-state index in [1.165, 1.54) is 22.3 Å². The molecule has 0 spiro atoms. The van der Waals surface area contributed by atoms with E-state index in [1.807, 2.05) is 13.3 Å². The number of fused-ring (bicyclic) bond motifs is 1. The Labute approximate surface area is 216 Å². The van der Waals surface area contributed by atoms with E-state index in [9.17, 15) is 4.79 Å². The maximum absolute atomic E-state index is 14.1. The fraction of sp³-hybridized carbons (Fsp3) is 0.600. The number of amides is 1. The summed E-state index contributed by atoms with van der Waals surface area (Å²) in [5.74, 6) is 1.52. The first-order valence-electron chi connectivity index (χ1n) is 13.7. The van der Waals surface area contributed by atoms with Crippen LogP contribution in [0, 0.1) is 12.8 Å². The van der Waals surface area contributed by atoms with E-state index < -0.39 is 0 Å². The second-order valence-electron chi connectivity index (χ2n) is 11.4. The molecule has 1 saturated carbocycles. The first-order valence-corrected chi connectivity index (χ1v) is 13.7. The number of carbonyl (C=O) groups excluding carboxylic acids is 1. The normalized spacial score (nSPS) is 29.0. The summed E-state index contributed by atoms with van der Waals surface area (Å²) in [4.78, 5) is 23.3. The van der Waals surface area contributed by atoms with Gasteiger partial charge < -0.3 is 19.9 Å². The zero-order valence-corrected chi connectivity index (χ0v) is 22.4. The fourth-order valence-corrected chi connectivity index (χ4v) is 6.51. The average molecular weight is 491 g/mol. The minimum Gasteiger partial charge on any atom is -0.381 e. The largest absolute Gasteiger partial charge is 0.381 e. The van der Waals surface area contributed by atoms with Crippen LogP contribution in [0.15, 0.2) is 36.5 Å². The maximum atomic E-state index is 14.1. The average Bonchev–Trinajstić information content (AvgIpc) is 2.88. The van der Waals surface area contributed by atoms with E-state index in [4.69, 9.17) is 9.72 Å². The number of piperidine rings is 1. The Morgan fingerprint density at radius 2 is 1.92 bits per heavy atom. The number of rotatable bonds is 5. The monoisotopic (exact) mass is 490 g/mol. The third kappa shape index (κ3) is 5.45. The van der Waals surface area contributed by atoms with Crippen molar-refractivity contribution in [2.45, 2.75) is 83.0 Å². The zero-order chi connectivity index (χ0) is 25.2. The lowest BCUT2D eigenvalue weighted by atomic mass is 9.79. The van der Waals surface area contributed by atoms with Crippen LogP contribution in [0.3, 0.4) is 0 Å². The number of methoxy groups -OCH3 is 1. The summed E-state index contributed by atoms with van der Waals surface area (Å²) >= 11 is 0. The number of hydrogen-bond donors (Lipinski definition) is 1. The molecule has 6 heteroatoms. The van der Waals surface area contributed by atoms with Crippen molar-refractivity contribution >= 4 is 11.7 Å². The highest BCUT2D eigenvalue weighted by atomic mass is 16.5. The first-order chi connectivity index (χ1) is 17.4. The van der Waals surface area contributed by atoms with Gasteiger partial charge in [0.2, 0.25) is 5.91 Å². The molecule has 3 aliphatic rings.